The largest absolute Gasteiger partial charge is 0.507 e. The number of methoxy groups -OCH3 is 1. The van der Waals surface area contributed by atoms with E-state index in [2.05, 4.69) is 9.72 Å². The molecule has 2 aromatic rings. The molecule has 2 rings (SSSR count). The maximum absolute atomic E-state index is 13.7. The molecule has 0 unspecified atom stereocenters. The van der Waals surface area contributed by atoms with Gasteiger partial charge >= 0.3 is 5.97 Å². The second-order valence-electron chi connectivity index (χ2n) is 3.56. The van der Waals surface area contributed by atoms with Crippen LogP contribution in [0.1, 0.15) is 10.5 Å². The molecule has 0 aliphatic rings. The number of phenolic OH excluding ortho intramolecular Hbond substituents is 1. The molecule has 1 heterocycles. The fourth-order valence-corrected chi connectivity index (χ4v) is 1.55. The first kappa shape index (κ1) is 12.0. The van der Waals surface area contributed by atoms with Gasteiger partial charge in [0.2, 0.25) is 0 Å². The number of hydrogen-bond donors (Lipinski definition) is 1. The lowest BCUT2D eigenvalue weighted by atomic mass is 10.1. The van der Waals surface area contributed by atoms with Crippen LogP contribution in [0, 0.1) is 5.82 Å². The quantitative estimate of drug-likeness (QED) is 0.828. The van der Waals surface area contributed by atoms with Gasteiger partial charge in [0.05, 0.1) is 7.11 Å². The molecule has 0 spiro atoms. The van der Waals surface area contributed by atoms with Crippen molar-refractivity contribution in [1.29, 1.82) is 0 Å². The number of carbonyl (C=O) groups excluding carboxylic acids is 1. The van der Waals surface area contributed by atoms with Gasteiger partial charge in [0.1, 0.15) is 5.75 Å². The number of ether oxygens (including phenoxy) is 1. The fraction of sp³-hybridized carbons (Fsp3) is 0.0769. The first-order valence-corrected chi connectivity index (χ1v) is 5.15. The molecule has 1 N–H and O–H groups in total. The number of phenols is 1. The zero-order chi connectivity index (χ0) is 13.1. The number of carbonyl (C=O) groups is 1. The predicted molar refractivity (Wildman–Crippen MR) is 62.6 cm³/mol. The minimum absolute atomic E-state index is 0.0181. The normalized spacial score (nSPS) is 10.1. The number of rotatable bonds is 2. The van der Waals surface area contributed by atoms with E-state index in [0.717, 1.165) is 13.2 Å². The summed E-state index contributed by atoms with van der Waals surface area (Å²) in [5, 5.41) is 9.64. The zero-order valence-corrected chi connectivity index (χ0v) is 9.55. The molecule has 0 radical (unpaired) electrons. The molecule has 0 bridgehead atoms. The van der Waals surface area contributed by atoms with E-state index in [0.29, 0.717) is 11.1 Å². The third-order valence-corrected chi connectivity index (χ3v) is 2.43. The van der Waals surface area contributed by atoms with Gasteiger partial charge in [-0.25, -0.2) is 14.2 Å². The summed E-state index contributed by atoms with van der Waals surface area (Å²) in [6.07, 6.45) is 1.31. The third-order valence-electron chi connectivity index (χ3n) is 2.43. The van der Waals surface area contributed by atoms with E-state index >= 15 is 0 Å². The summed E-state index contributed by atoms with van der Waals surface area (Å²) in [5.41, 5.74) is 0.454. The van der Waals surface area contributed by atoms with Crippen LogP contribution in [-0.2, 0) is 4.74 Å². The van der Waals surface area contributed by atoms with Gasteiger partial charge < -0.3 is 9.84 Å². The predicted octanol–water partition coefficient (Wildman–Crippen LogP) is 2.38. The lowest BCUT2D eigenvalue weighted by molar-refractivity contribution is 0.0588. The number of halogens is 1. The number of benzene rings is 1. The average Bonchev–Trinajstić information content (AvgIpc) is 2.38. The SMILES string of the molecule is COC(=O)c1ncc(-c2ccccc2O)cc1F. The van der Waals surface area contributed by atoms with Gasteiger partial charge in [-0.15, -0.1) is 0 Å². The molecule has 0 saturated carbocycles. The molecule has 4 nitrogen and oxygen atoms in total. The Bertz CT molecular complexity index is 599. The number of aromatic hydroxyl groups is 1. The number of esters is 1. The van der Waals surface area contributed by atoms with Crippen LogP contribution >= 0.6 is 0 Å². The van der Waals surface area contributed by atoms with E-state index in [1.165, 1.54) is 12.3 Å². The second-order valence-corrected chi connectivity index (χ2v) is 3.56. The standard InChI is InChI=1S/C13H10FNO3/c1-18-13(17)12-10(14)6-8(7-15-12)9-4-2-3-5-11(9)16/h2-7,16H,1H3. The molecule has 0 amide bonds. The van der Waals surface area contributed by atoms with Gasteiger partial charge in [-0.05, 0) is 12.1 Å². The highest BCUT2D eigenvalue weighted by atomic mass is 19.1. The van der Waals surface area contributed by atoms with Crippen molar-refractivity contribution < 1.29 is 19.0 Å². The first-order chi connectivity index (χ1) is 8.63. The Morgan fingerprint density at radius 3 is 2.72 bits per heavy atom. The molecule has 92 valence electrons. The van der Waals surface area contributed by atoms with Crippen molar-refractivity contribution in [3.05, 3.63) is 48.0 Å². The van der Waals surface area contributed by atoms with E-state index in [4.69, 9.17) is 0 Å². The second kappa shape index (κ2) is 4.83. The number of pyridine rings is 1. The summed E-state index contributed by atoms with van der Waals surface area (Å²) in [5.74, 6) is -1.61. The smallest absolute Gasteiger partial charge is 0.359 e. The first-order valence-electron chi connectivity index (χ1n) is 5.15. The van der Waals surface area contributed by atoms with Crippen LogP contribution in [0.3, 0.4) is 0 Å². The summed E-state index contributed by atoms with van der Waals surface area (Å²) < 4.78 is 18.1. The molecule has 1 aromatic carbocycles. The lowest BCUT2D eigenvalue weighted by Crippen LogP contribution is -2.07. The van der Waals surface area contributed by atoms with Gasteiger partial charge in [0, 0.05) is 17.3 Å². The Labute approximate surface area is 103 Å². The Hall–Kier alpha value is -2.43. The van der Waals surface area contributed by atoms with Gasteiger partial charge in [0.15, 0.2) is 11.5 Å². The topological polar surface area (TPSA) is 59.4 Å². The van der Waals surface area contributed by atoms with Crippen LogP contribution in [-0.4, -0.2) is 23.2 Å². The lowest BCUT2D eigenvalue weighted by Gasteiger charge is -2.06. The van der Waals surface area contributed by atoms with Crippen LogP contribution in [0.5, 0.6) is 5.75 Å². The molecule has 0 fully saturated rings. The summed E-state index contributed by atoms with van der Waals surface area (Å²) >= 11 is 0. The molecule has 0 aliphatic heterocycles. The van der Waals surface area contributed by atoms with Crippen molar-refractivity contribution in [3.8, 4) is 16.9 Å². The van der Waals surface area contributed by atoms with E-state index in [-0.39, 0.29) is 11.4 Å². The van der Waals surface area contributed by atoms with Crippen molar-refractivity contribution in [3.63, 3.8) is 0 Å². The number of para-hydroxylation sites is 1. The van der Waals surface area contributed by atoms with Crippen LogP contribution < -0.4 is 0 Å². The van der Waals surface area contributed by atoms with E-state index in [1.54, 1.807) is 18.2 Å². The van der Waals surface area contributed by atoms with Gasteiger partial charge in [0.25, 0.3) is 0 Å². The monoisotopic (exact) mass is 247 g/mol. The molecule has 5 heteroatoms. The van der Waals surface area contributed by atoms with Crippen molar-refractivity contribution >= 4 is 5.97 Å². The average molecular weight is 247 g/mol. The number of aromatic nitrogens is 1. The fourth-order valence-electron chi connectivity index (χ4n) is 1.55. The maximum atomic E-state index is 13.7. The molecular weight excluding hydrogens is 237 g/mol. The van der Waals surface area contributed by atoms with Crippen molar-refractivity contribution in [2.45, 2.75) is 0 Å². The van der Waals surface area contributed by atoms with E-state index in [1.807, 2.05) is 0 Å². The highest BCUT2D eigenvalue weighted by Crippen LogP contribution is 2.28. The molecule has 18 heavy (non-hydrogen) atoms. The van der Waals surface area contributed by atoms with Crippen LogP contribution in [0.15, 0.2) is 36.5 Å². The van der Waals surface area contributed by atoms with Crippen LogP contribution in [0.25, 0.3) is 11.1 Å². The van der Waals surface area contributed by atoms with Gasteiger partial charge in [-0.3, -0.25) is 0 Å². The Morgan fingerprint density at radius 2 is 2.11 bits per heavy atom. The number of hydrogen-bond acceptors (Lipinski definition) is 4. The van der Waals surface area contributed by atoms with Crippen LogP contribution in [0.2, 0.25) is 0 Å². The minimum atomic E-state index is -0.837. The molecule has 0 aliphatic carbocycles. The van der Waals surface area contributed by atoms with Crippen molar-refractivity contribution in [2.24, 2.45) is 0 Å². The summed E-state index contributed by atoms with van der Waals surface area (Å²) in [6, 6.07) is 7.62. The highest BCUT2D eigenvalue weighted by molar-refractivity contribution is 5.88. The van der Waals surface area contributed by atoms with Gasteiger partial charge in [-0.2, -0.15) is 0 Å². The summed E-state index contributed by atoms with van der Waals surface area (Å²) in [4.78, 5) is 14.9. The summed E-state index contributed by atoms with van der Waals surface area (Å²) in [6.45, 7) is 0. The minimum Gasteiger partial charge on any atom is -0.507 e. The number of nitrogens with zero attached hydrogens (tertiary/aromatic N) is 1. The molecule has 0 saturated heterocycles. The van der Waals surface area contributed by atoms with Crippen molar-refractivity contribution in [1.82, 2.24) is 4.98 Å². The summed E-state index contributed by atoms with van der Waals surface area (Å²) in [7, 11) is 1.15. The Morgan fingerprint density at radius 1 is 1.39 bits per heavy atom. The van der Waals surface area contributed by atoms with Crippen molar-refractivity contribution in [2.75, 3.05) is 7.11 Å². The van der Waals surface area contributed by atoms with Gasteiger partial charge in [-0.1, -0.05) is 18.2 Å². The molecular formula is C13H10FNO3. The molecule has 0 atom stereocenters. The Kier molecular flexibility index (Phi) is 3.23. The van der Waals surface area contributed by atoms with Crippen LogP contribution in [0.4, 0.5) is 4.39 Å². The Balaban J connectivity index is 2.47. The highest BCUT2D eigenvalue weighted by Gasteiger charge is 2.15. The zero-order valence-electron chi connectivity index (χ0n) is 9.55. The van der Waals surface area contributed by atoms with E-state index in [9.17, 15) is 14.3 Å². The molecule has 1 aromatic heterocycles. The maximum Gasteiger partial charge on any atom is 0.359 e. The van der Waals surface area contributed by atoms with E-state index < -0.39 is 11.8 Å². The third kappa shape index (κ3) is 2.15.